The summed E-state index contributed by atoms with van der Waals surface area (Å²) in [6.07, 6.45) is 6.12. The van der Waals surface area contributed by atoms with Crippen LogP contribution < -0.4 is 5.32 Å². The van der Waals surface area contributed by atoms with Gasteiger partial charge in [-0.05, 0) is 43.0 Å². The third kappa shape index (κ3) is 2.51. The molecule has 4 rings (SSSR count). The number of hydrogen-bond acceptors (Lipinski definition) is 4. The first-order chi connectivity index (χ1) is 10.7. The van der Waals surface area contributed by atoms with Crippen molar-refractivity contribution >= 4 is 23.4 Å². The SMILES string of the molecule is N#Cc1cc2c(s1)C=CN(C(=O)N[C@@H]1C[C@H]3CCN(C3)C1)C2. The van der Waals surface area contributed by atoms with Gasteiger partial charge in [0.25, 0.3) is 0 Å². The van der Waals surface area contributed by atoms with Crippen molar-refractivity contribution in [1.29, 1.82) is 5.26 Å². The lowest BCUT2D eigenvalue weighted by atomic mass is 9.97. The molecule has 1 unspecified atom stereocenters. The average molecular weight is 314 g/mol. The Kier molecular flexibility index (Phi) is 3.40. The Morgan fingerprint density at radius 3 is 3.18 bits per heavy atom. The molecule has 2 bridgehead atoms. The maximum absolute atomic E-state index is 12.5. The molecule has 3 atom stereocenters. The molecule has 114 valence electrons. The number of thiophene rings is 1. The van der Waals surface area contributed by atoms with Crippen LogP contribution in [0.5, 0.6) is 0 Å². The largest absolute Gasteiger partial charge is 0.334 e. The fourth-order valence-corrected chi connectivity index (χ4v) is 4.58. The van der Waals surface area contributed by atoms with E-state index in [1.165, 1.54) is 30.8 Å². The molecule has 6 heteroatoms. The summed E-state index contributed by atoms with van der Waals surface area (Å²) >= 11 is 1.48. The van der Waals surface area contributed by atoms with Crippen LogP contribution >= 0.6 is 11.3 Å². The number of rotatable bonds is 1. The summed E-state index contributed by atoms with van der Waals surface area (Å²) in [5, 5.41) is 12.1. The molecule has 2 amide bonds. The minimum Gasteiger partial charge on any atom is -0.334 e. The van der Waals surface area contributed by atoms with Gasteiger partial charge in [0.2, 0.25) is 0 Å². The van der Waals surface area contributed by atoms with Crippen LogP contribution in [0.2, 0.25) is 0 Å². The second-order valence-corrected chi connectivity index (χ2v) is 7.44. The summed E-state index contributed by atoms with van der Waals surface area (Å²) in [4.78, 5) is 18.4. The van der Waals surface area contributed by atoms with Crippen LogP contribution in [0.25, 0.3) is 6.08 Å². The smallest absolute Gasteiger partial charge is 0.321 e. The maximum Gasteiger partial charge on any atom is 0.321 e. The average Bonchev–Trinajstić information content (AvgIpc) is 3.09. The number of nitriles is 1. The molecule has 22 heavy (non-hydrogen) atoms. The third-order valence-electron chi connectivity index (χ3n) is 4.75. The summed E-state index contributed by atoms with van der Waals surface area (Å²) < 4.78 is 0. The number of piperidine rings is 1. The van der Waals surface area contributed by atoms with Crippen molar-refractivity contribution in [2.24, 2.45) is 5.92 Å². The van der Waals surface area contributed by atoms with E-state index in [1.54, 1.807) is 4.90 Å². The van der Waals surface area contributed by atoms with Gasteiger partial charge >= 0.3 is 6.03 Å². The molecule has 1 aromatic heterocycles. The Morgan fingerprint density at radius 2 is 2.36 bits per heavy atom. The minimum atomic E-state index is -0.0286. The van der Waals surface area contributed by atoms with Gasteiger partial charge in [0.1, 0.15) is 10.9 Å². The summed E-state index contributed by atoms with van der Waals surface area (Å²) in [7, 11) is 0. The lowest BCUT2D eigenvalue weighted by molar-refractivity contribution is 0.187. The molecule has 0 saturated carbocycles. The Labute approximate surface area is 133 Å². The topological polar surface area (TPSA) is 59.4 Å². The van der Waals surface area contributed by atoms with E-state index in [0.29, 0.717) is 11.4 Å². The van der Waals surface area contributed by atoms with E-state index in [2.05, 4.69) is 16.3 Å². The molecule has 2 saturated heterocycles. The number of nitrogens with zero attached hydrogens (tertiary/aromatic N) is 3. The normalized spacial score (nSPS) is 29.0. The molecule has 2 fully saturated rings. The van der Waals surface area contributed by atoms with Crippen LogP contribution in [-0.4, -0.2) is 41.5 Å². The molecular formula is C16H18N4OS. The Morgan fingerprint density at radius 1 is 1.45 bits per heavy atom. The number of amides is 2. The quantitative estimate of drug-likeness (QED) is 0.864. The van der Waals surface area contributed by atoms with Crippen molar-refractivity contribution in [3.8, 4) is 6.07 Å². The van der Waals surface area contributed by atoms with Crippen LogP contribution in [0, 0.1) is 17.2 Å². The van der Waals surface area contributed by atoms with Gasteiger partial charge in [-0.3, -0.25) is 4.90 Å². The number of carbonyl (C=O) groups excluding carboxylic acids is 1. The van der Waals surface area contributed by atoms with Crippen LogP contribution in [0.3, 0.4) is 0 Å². The van der Waals surface area contributed by atoms with Crippen LogP contribution in [-0.2, 0) is 6.54 Å². The number of urea groups is 1. The summed E-state index contributed by atoms with van der Waals surface area (Å²) in [6, 6.07) is 4.29. The minimum absolute atomic E-state index is 0.0286. The zero-order chi connectivity index (χ0) is 15.1. The summed E-state index contributed by atoms with van der Waals surface area (Å²) in [5.41, 5.74) is 1.06. The molecule has 0 spiro atoms. The highest BCUT2D eigenvalue weighted by atomic mass is 32.1. The molecule has 3 aliphatic heterocycles. The van der Waals surface area contributed by atoms with E-state index >= 15 is 0 Å². The van der Waals surface area contributed by atoms with Gasteiger partial charge in [0.15, 0.2) is 0 Å². The first kappa shape index (κ1) is 13.8. The Hall–Kier alpha value is -1.84. The van der Waals surface area contributed by atoms with Crippen molar-refractivity contribution in [3.63, 3.8) is 0 Å². The van der Waals surface area contributed by atoms with Gasteiger partial charge in [0.05, 0.1) is 6.54 Å². The van der Waals surface area contributed by atoms with Crippen LogP contribution in [0.1, 0.15) is 28.2 Å². The molecule has 3 aliphatic rings. The van der Waals surface area contributed by atoms with Crippen molar-refractivity contribution in [1.82, 2.24) is 15.1 Å². The van der Waals surface area contributed by atoms with Crippen molar-refractivity contribution in [3.05, 3.63) is 27.6 Å². The first-order valence-corrected chi connectivity index (χ1v) is 8.53. The van der Waals surface area contributed by atoms with E-state index in [0.717, 1.165) is 29.3 Å². The molecule has 0 radical (unpaired) electrons. The predicted molar refractivity (Wildman–Crippen MR) is 85.1 cm³/mol. The maximum atomic E-state index is 12.5. The Balaban J connectivity index is 1.40. The zero-order valence-corrected chi connectivity index (χ0v) is 13.1. The number of fused-ring (bicyclic) bond motifs is 3. The highest BCUT2D eigenvalue weighted by Crippen LogP contribution is 2.29. The molecule has 0 aromatic carbocycles. The lowest BCUT2D eigenvalue weighted by Crippen LogP contribution is -2.50. The molecule has 1 aromatic rings. The van der Waals surface area contributed by atoms with Crippen LogP contribution in [0.15, 0.2) is 12.3 Å². The molecule has 0 aliphatic carbocycles. The first-order valence-electron chi connectivity index (χ1n) is 7.72. The van der Waals surface area contributed by atoms with Crippen molar-refractivity contribution in [2.45, 2.75) is 25.4 Å². The number of hydrogen-bond donors (Lipinski definition) is 1. The van der Waals surface area contributed by atoms with E-state index in [-0.39, 0.29) is 12.1 Å². The molecule has 1 N–H and O–H groups in total. The molecule has 5 nitrogen and oxygen atoms in total. The van der Waals surface area contributed by atoms with E-state index in [9.17, 15) is 4.79 Å². The van der Waals surface area contributed by atoms with E-state index in [1.807, 2.05) is 18.3 Å². The number of carbonyl (C=O) groups is 1. The molecular weight excluding hydrogens is 296 g/mol. The standard InChI is InChI=1S/C16H18N4OS/c17-7-14-6-12-9-20(4-2-15(12)22-14)16(21)18-13-5-11-1-3-19(8-11)10-13/h2,4,6,11,13H,1,3,5,8-10H2,(H,18,21)/t11-,13-/m1/s1. The lowest BCUT2D eigenvalue weighted by Gasteiger charge is -2.32. The zero-order valence-electron chi connectivity index (χ0n) is 12.3. The van der Waals surface area contributed by atoms with E-state index in [4.69, 9.17) is 5.26 Å². The molecule has 4 heterocycles. The van der Waals surface area contributed by atoms with Gasteiger partial charge in [0, 0.05) is 30.2 Å². The third-order valence-corrected chi connectivity index (χ3v) is 5.80. The summed E-state index contributed by atoms with van der Waals surface area (Å²) in [5.74, 6) is 0.748. The number of nitrogens with one attached hydrogen (secondary N) is 1. The van der Waals surface area contributed by atoms with Gasteiger partial charge in [-0.25, -0.2) is 4.79 Å². The van der Waals surface area contributed by atoms with Crippen molar-refractivity contribution < 1.29 is 4.79 Å². The van der Waals surface area contributed by atoms with Gasteiger partial charge in [-0.1, -0.05) is 0 Å². The van der Waals surface area contributed by atoms with Gasteiger partial charge in [-0.2, -0.15) is 5.26 Å². The second-order valence-electron chi connectivity index (χ2n) is 6.35. The van der Waals surface area contributed by atoms with Gasteiger partial charge in [-0.15, -0.1) is 11.3 Å². The summed E-state index contributed by atoms with van der Waals surface area (Å²) in [6.45, 7) is 3.90. The fraction of sp³-hybridized carbons (Fsp3) is 0.500. The monoisotopic (exact) mass is 314 g/mol. The highest BCUT2D eigenvalue weighted by Gasteiger charge is 2.33. The fourth-order valence-electron chi connectivity index (χ4n) is 3.72. The van der Waals surface area contributed by atoms with Crippen molar-refractivity contribution in [2.75, 3.05) is 19.6 Å². The van der Waals surface area contributed by atoms with Gasteiger partial charge < -0.3 is 10.2 Å². The Bertz CT molecular complexity index is 662. The second kappa shape index (κ2) is 5.41. The van der Waals surface area contributed by atoms with E-state index < -0.39 is 0 Å². The highest BCUT2D eigenvalue weighted by molar-refractivity contribution is 7.13. The van der Waals surface area contributed by atoms with Crippen LogP contribution in [0.4, 0.5) is 4.79 Å². The predicted octanol–water partition coefficient (Wildman–Crippen LogP) is 2.21.